The van der Waals surface area contributed by atoms with Crippen LogP contribution in [0.25, 0.3) is 0 Å². The lowest BCUT2D eigenvalue weighted by molar-refractivity contribution is 0.217. The number of benzene rings is 2. The number of nitrogens with zero attached hydrogens (tertiary/aromatic N) is 4. The molecule has 26 heavy (non-hydrogen) atoms. The zero-order chi connectivity index (χ0) is 18.2. The van der Waals surface area contributed by atoms with Gasteiger partial charge in [0.25, 0.3) is 0 Å². The Morgan fingerprint density at radius 3 is 2.35 bits per heavy atom. The number of aromatic nitrogens is 3. The Hall–Kier alpha value is -3.15. The lowest BCUT2D eigenvalue weighted by atomic mass is 10.1. The maximum Gasteiger partial charge on any atom is 0.141 e. The number of aryl methyl sites for hydroxylation is 2. The molecule has 3 rings (SSSR count). The molecule has 0 spiro atoms. The van der Waals surface area contributed by atoms with Gasteiger partial charge in [0.15, 0.2) is 0 Å². The molecule has 2 aromatic carbocycles. The highest BCUT2D eigenvalue weighted by Gasteiger charge is 2.00. The van der Waals surface area contributed by atoms with Gasteiger partial charge >= 0.3 is 0 Å². The van der Waals surface area contributed by atoms with Crippen molar-refractivity contribution < 1.29 is 9.47 Å². The maximum absolute atomic E-state index is 5.79. The van der Waals surface area contributed by atoms with E-state index in [4.69, 9.17) is 9.47 Å². The van der Waals surface area contributed by atoms with Crippen LogP contribution in [0.2, 0.25) is 0 Å². The summed E-state index contributed by atoms with van der Waals surface area (Å²) >= 11 is 0. The van der Waals surface area contributed by atoms with Crippen molar-refractivity contribution in [1.29, 1.82) is 0 Å². The first-order valence-corrected chi connectivity index (χ1v) is 8.58. The van der Waals surface area contributed by atoms with Crippen LogP contribution in [-0.4, -0.2) is 34.3 Å². The third-order valence-corrected chi connectivity index (χ3v) is 3.77. The first-order chi connectivity index (χ1) is 12.7. The SMILES string of the molecule is CCc1cc(C)cc(OCCOc2ccc(C=Nn3cnnc3)cc2)c1. The monoisotopic (exact) mass is 350 g/mol. The smallest absolute Gasteiger partial charge is 0.141 e. The minimum Gasteiger partial charge on any atom is -0.490 e. The quantitative estimate of drug-likeness (QED) is 0.461. The number of ether oxygens (including phenoxy) is 2. The fourth-order valence-corrected chi connectivity index (χ4v) is 2.47. The molecule has 0 fully saturated rings. The molecule has 6 heteroatoms. The van der Waals surface area contributed by atoms with Crippen LogP contribution in [0.3, 0.4) is 0 Å². The summed E-state index contributed by atoms with van der Waals surface area (Å²) in [5.74, 6) is 1.69. The second-order valence-electron chi connectivity index (χ2n) is 5.86. The van der Waals surface area contributed by atoms with Crippen LogP contribution < -0.4 is 9.47 Å². The predicted octanol–water partition coefficient (Wildman–Crippen LogP) is 3.49. The molecule has 1 aromatic heterocycles. The molecule has 0 unspecified atom stereocenters. The first-order valence-electron chi connectivity index (χ1n) is 8.58. The van der Waals surface area contributed by atoms with Crippen LogP contribution in [0, 0.1) is 6.92 Å². The Labute approximate surface area is 153 Å². The molecular weight excluding hydrogens is 328 g/mol. The molecule has 0 saturated heterocycles. The van der Waals surface area contributed by atoms with Crippen molar-refractivity contribution in [3.63, 3.8) is 0 Å². The summed E-state index contributed by atoms with van der Waals surface area (Å²) in [7, 11) is 0. The number of rotatable bonds is 8. The molecule has 134 valence electrons. The molecule has 0 N–H and O–H groups in total. The van der Waals surface area contributed by atoms with Gasteiger partial charge in [0, 0.05) is 0 Å². The van der Waals surface area contributed by atoms with E-state index in [0.29, 0.717) is 13.2 Å². The third kappa shape index (κ3) is 5.17. The van der Waals surface area contributed by atoms with E-state index >= 15 is 0 Å². The second-order valence-corrected chi connectivity index (χ2v) is 5.86. The van der Waals surface area contributed by atoms with Crippen LogP contribution in [0.1, 0.15) is 23.6 Å². The minimum atomic E-state index is 0.490. The standard InChI is InChI=1S/C20H22N4O2/c1-3-17-10-16(2)11-20(12-17)26-9-8-25-19-6-4-18(5-7-19)13-23-24-14-21-22-15-24/h4-7,10-15H,3,8-9H2,1-2H3. The predicted molar refractivity (Wildman–Crippen MR) is 101 cm³/mol. The average molecular weight is 350 g/mol. The summed E-state index contributed by atoms with van der Waals surface area (Å²) in [6.07, 6.45) is 5.80. The zero-order valence-electron chi connectivity index (χ0n) is 15.0. The maximum atomic E-state index is 5.79. The van der Waals surface area contributed by atoms with Crippen LogP contribution in [0.15, 0.2) is 60.2 Å². The molecule has 3 aromatic rings. The zero-order valence-corrected chi connectivity index (χ0v) is 15.0. The van der Waals surface area contributed by atoms with Gasteiger partial charge in [-0.3, -0.25) is 0 Å². The van der Waals surface area contributed by atoms with E-state index in [1.165, 1.54) is 28.5 Å². The number of hydrogen-bond acceptors (Lipinski definition) is 5. The minimum absolute atomic E-state index is 0.490. The van der Waals surface area contributed by atoms with Crippen molar-refractivity contribution in [1.82, 2.24) is 14.9 Å². The van der Waals surface area contributed by atoms with Crippen LogP contribution in [-0.2, 0) is 6.42 Å². The molecule has 0 bridgehead atoms. The molecule has 0 saturated carbocycles. The highest BCUT2D eigenvalue weighted by molar-refractivity contribution is 5.79. The van der Waals surface area contributed by atoms with Gasteiger partial charge < -0.3 is 9.47 Å². The van der Waals surface area contributed by atoms with Crippen molar-refractivity contribution in [3.05, 3.63) is 71.8 Å². The van der Waals surface area contributed by atoms with Gasteiger partial charge in [-0.15, -0.1) is 10.2 Å². The van der Waals surface area contributed by atoms with Crippen LogP contribution in [0.4, 0.5) is 0 Å². The Morgan fingerprint density at radius 2 is 1.65 bits per heavy atom. The van der Waals surface area contributed by atoms with Gasteiger partial charge in [0.1, 0.15) is 37.4 Å². The normalized spacial score (nSPS) is 11.0. The lowest BCUT2D eigenvalue weighted by Gasteiger charge is -2.10. The van der Waals surface area contributed by atoms with Crippen molar-refractivity contribution in [2.75, 3.05) is 13.2 Å². The molecule has 1 heterocycles. The van der Waals surface area contributed by atoms with Gasteiger partial charge in [0.05, 0.1) is 6.21 Å². The fraction of sp³-hybridized carbons (Fsp3) is 0.250. The summed E-state index contributed by atoms with van der Waals surface area (Å²) in [4.78, 5) is 0. The molecule has 0 aliphatic heterocycles. The second kappa shape index (κ2) is 8.80. The molecular formula is C20H22N4O2. The van der Waals surface area contributed by atoms with Crippen LogP contribution >= 0.6 is 0 Å². The van der Waals surface area contributed by atoms with Crippen molar-refractivity contribution in [2.45, 2.75) is 20.3 Å². The highest BCUT2D eigenvalue weighted by Crippen LogP contribution is 2.17. The van der Waals surface area contributed by atoms with E-state index in [1.54, 1.807) is 6.21 Å². The molecule has 0 atom stereocenters. The first kappa shape index (κ1) is 17.7. The summed E-state index contributed by atoms with van der Waals surface area (Å²) < 4.78 is 13.1. The van der Waals surface area contributed by atoms with E-state index in [2.05, 4.69) is 41.3 Å². The highest BCUT2D eigenvalue weighted by atomic mass is 16.5. The molecule has 0 aliphatic carbocycles. The largest absolute Gasteiger partial charge is 0.490 e. The van der Waals surface area contributed by atoms with E-state index in [-0.39, 0.29) is 0 Å². The van der Waals surface area contributed by atoms with E-state index in [0.717, 1.165) is 23.5 Å². The Kier molecular flexibility index (Phi) is 5.98. The summed E-state index contributed by atoms with van der Waals surface area (Å²) in [6, 6.07) is 14.0. The Bertz CT molecular complexity index is 843. The van der Waals surface area contributed by atoms with Gasteiger partial charge in [-0.25, -0.2) is 4.68 Å². The van der Waals surface area contributed by atoms with Crippen molar-refractivity contribution in [3.8, 4) is 11.5 Å². The topological polar surface area (TPSA) is 61.5 Å². The fourth-order valence-electron chi connectivity index (χ4n) is 2.47. The van der Waals surface area contributed by atoms with E-state index < -0.39 is 0 Å². The summed E-state index contributed by atoms with van der Waals surface area (Å²) in [5, 5.41) is 11.6. The van der Waals surface area contributed by atoms with Gasteiger partial charge in [-0.1, -0.05) is 13.0 Å². The van der Waals surface area contributed by atoms with E-state index in [1.807, 2.05) is 30.3 Å². The molecule has 6 nitrogen and oxygen atoms in total. The van der Waals surface area contributed by atoms with E-state index in [9.17, 15) is 0 Å². The van der Waals surface area contributed by atoms with Gasteiger partial charge in [0.2, 0.25) is 0 Å². The molecule has 0 amide bonds. The third-order valence-electron chi connectivity index (χ3n) is 3.77. The van der Waals surface area contributed by atoms with Crippen molar-refractivity contribution >= 4 is 6.21 Å². The lowest BCUT2D eigenvalue weighted by Crippen LogP contribution is -2.09. The molecule has 0 aliphatic rings. The number of hydrogen-bond donors (Lipinski definition) is 0. The van der Waals surface area contributed by atoms with Gasteiger partial charge in [-0.05, 0) is 66.4 Å². The Balaban J connectivity index is 1.46. The summed E-state index contributed by atoms with van der Waals surface area (Å²) in [6.45, 7) is 5.21. The summed E-state index contributed by atoms with van der Waals surface area (Å²) in [5.41, 5.74) is 3.46. The van der Waals surface area contributed by atoms with Crippen molar-refractivity contribution in [2.24, 2.45) is 5.10 Å². The Morgan fingerprint density at radius 1 is 0.962 bits per heavy atom. The molecule has 0 radical (unpaired) electrons. The van der Waals surface area contributed by atoms with Gasteiger partial charge in [-0.2, -0.15) is 5.10 Å². The van der Waals surface area contributed by atoms with Crippen LogP contribution in [0.5, 0.6) is 11.5 Å². The average Bonchev–Trinajstić information content (AvgIpc) is 3.17.